The molecule has 0 aromatic carbocycles. The molecule has 0 saturated heterocycles. The van der Waals surface area contributed by atoms with Gasteiger partial charge in [-0.15, -0.1) is 0 Å². The Morgan fingerprint density at radius 3 is 2.72 bits per heavy atom. The van der Waals surface area contributed by atoms with Gasteiger partial charge in [0.2, 0.25) is 5.88 Å². The third-order valence-corrected chi connectivity index (χ3v) is 2.70. The van der Waals surface area contributed by atoms with Crippen molar-refractivity contribution in [1.29, 1.82) is 0 Å². The average molecular weight is 252 g/mol. The summed E-state index contributed by atoms with van der Waals surface area (Å²) in [6.45, 7) is 10.4. The maximum absolute atomic E-state index is 5.87. The van der Waals surface area contributed by atoms with Crippen LogP contribution in [-0.2, 0) is 11.3 Å². The first-order chi connectivity index (χ1) is 8.58. The summed E-state index contributed by atoms with van der Waals surface area (Å²) in [4.78, 5) is 4.49. The number of rotatable bonds is 7. The molecule has 0 aliphatic rings. The van der Waals surface area contributed by atoms with E-state index < -0.39 is 0 Å². The van der Waals surface area contributed by atoms with E-state index in [9.17, 15) is 0 Å². The number of nitrogens with zero attached hydrogens (tertiary/aromatic N) is 1. The second-order valence-corrected chi connectivity index (χ2v) is 4.53. The number of methoxy groups -OCH3 is 1. The highest BCUT2D eigenvalue weighted by Gasteiger charge is 2.13. The fourth-order valence-electron chi connectivity index (χ4n) is 1.85. The Morgan fingerprint density at radius 2 is 2.11 bits per heavy atom. The molecule has 1 N–H and O–H groups in total. The summed E-state index contributed by atoms with van der Waals surface area (Å²) in [5, 5.41) is 3.32. The van der Waals surface area contributed by atoms with E-state index in [0.717, 1.165) is 30.2 Å². The molecule has 0 radical (unpaired) electrons. The largest absolute Gasteiger partial charge is 0.472 e. The number of aryl methyl sites for hydroxylation is 2. The first kappa shape index (κ1) is 14.9. The summed E-state index contributed by atoms with van der Waals surface area (Å²) in [6, 6.07) is 2.08. The highest BCUT2D eigenvalue weighted by atomic mass is 16.5. The lowest BCUT2D eigenvalue weighted by atomic mass is 10.1. The van der Waals surface area contributed by atoms with Gasteiger partial charge in [0.05, 0.1) is 6.61 Å². The van der Waals surface area contributed by atoms with Gasteiger partial charge in [0, 0.05) is 24.9 Å². The smallest absolute Gasteiger partial charge is 0.218 e. The molecule has 1 rings (SSSR count). The molecule has 1 atom stereocenters. The maximum atomic E-state index is 5.87. The van der Waals surface area contributed by atoms with Crippen molar-refractivity contribution < 1.29 is 9.47 Å². The molecule has 4 heteroatoms. The minimum absolute atomic E-state index is 0.00377. The molecule has 0 bridgehead atoms. The van der Waals surface area contributed by atoms with Crippen molar-refractivity contribution in [2.75, 3.05) is 20.3 Å². The van der Waals surface area contributed by atoms with Crippen LogP contribution in [0.2, 0.25) is 0 Å². The standard InChI is InChI=1S/C14H24N2O2/c1-6-15-8-13-10(2)7-11(3)16-14(13)18-12(4)9-17-5/h7,12,15H,6,8-9H2,1-5H3. The molecule has 1 heterocycles. The third kappa shape index (κ3) is 4.27. The average Bonchev–Trinajstić information content (AvgIpc) is 2.28. The summed E-state index contributed by atoms with van der Waals surface area (Å²) < 4.78 is 11.0. The maximum Gasteiger partial charge on any atom is 0.218 e. The van der Waals surface area contributed by atoms with Crippen molar-refractivity contribution >= 4 is 0 Å². The monoisotopic (exact) mass is 252 g/mol. The molecule has 1 aromatic heterocycles. The van der Waals surface area contributed by atoms with Crippen LogP contribution in [0, 0.1) is 13.8 Å². The third-order valence-electron chi connectivity index (χ3n) is 2.70. The van der Waals surface area contributed by atoms with Crippen molar-refractivity contribution in [3.05, 3.63) is 22.9 Å². The van der Waals surface area contributed by atoms with Crippen LogP contribution in [0.25, 0.3) is 0 Å². The Morgan fingerprint density at radius 1 is 1.39 bits per heavy atom. The number of hydrogen-bond donors (Lipinski definition) is 1. The van der Waals surface area contributed by atoms with Crippen molar-refractivity contribution in [2.45, 2.75) is 40.3 Å². The highest BCUT2D eigenvalue weighted by molar-refractivity contribution is 5.36. The Kier molecular flexibility index (Phi) is 6.09. The molecule has 0 amide bonds. The lowest BCUT2D eigenvalue weighted by molar-refractivity contribution is 0.0880. The summed E-state index contributed by atoms with van der Waals surface area (Å²) in [7, 11) is 1.67. The van der Waals surface area contributed by atoms with Gasteiger partial charge in [0.1, 0.15) is 6.10 Å². The molecule has 0 aliphatic heterocycles. The van der Waals surface area contributed by atoms with E-state index >= 15 is 0 Å². The van der Waals surface area contributed by atoms with Crippen LogP contribution >= 0.6 is 0 Å². The number of pyridine rings is 1. The Balaban J connectivity index is 2.91. The number of ether oxygens (including phenoxy) is 2. The topological polar surface area (TPSA) is 43.4 Å². The first-order valence-corrected chi connectivity index (χ1v) is 6.41. The van der Waals surface area contributed by atoms with E-state index in [-0.39, 0.29) is 6.10 Å². The molecule has 1 unspecified atom stereocenters. The van der Waals surface area contributed by atoms with Crippen LogP contribution < -0.4 is 10.1 Å². The van der Waals surface area contributed by atoms with Gasteiger partial charge in [-0.3, -0.25) is 0 Å². The summed E-state index contributed by atoms with van der Waals surface area (Å²) in [5.41, 5.74) is 3.32. The fraction of sp³-hybridized carbons (Fsp3) is 0.643. The minimum Gasteiger partial charge on any atom is -0.472 e. The van der Waals surface area contributed by atoms with E-state index in [1.165, 1.54) is 5.56 Å². The van der Waals surface area contributed by atoms with Gasteiger partial charge >= 0.3 is 0 Å². The van der Waals surface area contributed by atoms with Gasteiger partial charge in [-0.1, -0.05) is 6.92 Å². The van der Waals surface area contributed by atoms with Gasteiger partial charge in [0.25, 0.3) is 0 Å². The van der Waals surface area contributed by atoms with E-state index in [1.54, 1.807) is 7.11 Å². The van der Waals surface area contributed by atoms with Crippen LogP contribution in [0.1, 0.15) is 30.7 Å². The minimum atomic E-state index is 0.00377. The van der Waals surface area contributed by atoms with E-state index in [0.29, 0.717) is 6.61 Å². The van der Waals surface area contributed by atoms with Crippen molar-refractivity contribution in [3.8, 4) is 5.88 Å². The summed E-state index contributed by atoms with van der Waals surface area (Å²) in [6.07, 6.45) is 0.00377. The molecule has 0 aliphatic carbocycles. The fourth-order valence-corrected chi connectivity index (χ4v) is 1.85. The number of aromatic nitrogens is 1. The van der Waals surface area contributed by atoms with Crippen molar-refractivity contribution in [1.82, 2.24) is 10.3 Å². The molecule has 0 saturated carbocycles. The first-order valence-electron chi connectivity index (χ1n) is 6.41. The lowest BCUT2D eigenvalue weighted by Gasteiger charge is -2.18. The molecule has 0 spiro atoms. The van der Waals surface area contributed by atoms with Crippen LogP contribution in [0.3, 0.4) is 0 Å². The number of hydrogen-bond acceptors (Lipinski definition) is 4. The van der Waals surface area contributed by atoms with E-state index in [4.69, 9.17) is 9.47 Å². The Bertz CT molecular complexity index is 380. The van der Waals surface area contributed by atoms with Gasteiger partial charge in [-0.2, -0.15) is 0 Å². The van der Waals surface area contributed by atoms with Crippen LogP contribution in [0.5, 0.6) is 5.88 Å². The van der Waals surface area contributed by atoms with Gasteiger partial charge in [-0.25, -0.2) is 4.98 Å². The quantitative estimate of drug-likeness (QED) is 0.808. The Hall–Kier alpha value is -1.13. The zero-order valence-corrected chi connectivity index (χ0v) is 12.0. The van der Waals surface area contributed by atoms with Gasteiger partial charge < -0.3 is 14.8 Å². The van der Waals surface area contributed by atoms with Crippen molar-refractivity contribution in [2.24, 2.45) is 0 Å². The van der Waals surface area contributed by atoms with Gasteiger partial charge in [0.15, 0.2) is 0 Å². The predicted octanol–water partition coefficient (Wildman–Crippen LogP) is 2.22. The normalized spacial score (nSPS) is 12.5. The number of nitrogens with one attached hydrogen (secondary N) is 1. The zero-order valence-electron chi connectivity index (χ0n) is 12.0. The molecule has 18 heavy (non-hydrogen) atoms. The summed E-state index contributed by atoms with van der Waals surface area (Å²) >= 11 is 0. The highest BCUT2D eigenvalue weighted by Crippen LogP contribution is 2.22. The molecular weight excluding hydrogens is 228 g/mol. The zero-order chi connectivity index (χ0) is 13.5. The molecular formula is C14H24N2O2. The van der Waals surface area contributed by atoms with Crippen LogP contribution in [0.15, 0.2) is 6.07 Å². The lowest BCUT2D eigenvalue weighted by Crippen LogP contribution is -2.21. The molecule has 4 nitrogen and oxygen atoms in total. The van der Waals surface area contributed by atoms with E-state index in [2.05, 4.69) is 30.2 Å². The SMILES string of the molecule is CCNCc1c(C)cc(C)nc1OC(C)COC. The van der Waals surface area contributed by atoms with Crippen LogP contribution in [0.4, 0.5) is 0 Å². The van der Waals surface area contributed by atoms with Crippen LogP contribution in [-0.4, -0.2) is 31.3 Å². The van der Waals surface area contributed by atoms with Crippen molar-refractivity contribution in [3.63, 3.8) is 0 Å². The predicted molar refractivity (Wildman–Crippen MR) is 73.1 cm³/mol. The molecule has 1 aromatic rings. The molecule has 102 valence electrons. The second-order valence-electron chi connectivity index (χ2n) is 4.53. The van der Waals surface area contributed by atoms with E-state index in [1.807, 2.05) is 13.8 Å². The Labute approximate surface area is 110 Å². The van der Waals surface area contributed by atoms with Gasteiger partial charge in [-0.05, 0) is 38.9 Å². The summed E-state index contributed by atoms with van der Waals surface area (Å²) in [5.74, 6) is 0.720. The molecule has 0 fully saturated rings. The second kappa shape index (κ2) is 7.34.